The number of benzene rings is 2. The van der Waals surface area contributed by atoms with Crippen LogP contribution < -0.4 is 5.32 Å². The predicted octanol–water partition coefficient (Wildman–Crippen LogP) is 3.85. The number of hydrogen-bond donors (Lipinski definition) is 2. The number of aromatic carboxylic acids is 1. The second kappa shape index (κ2) is 5.75. The van der Waals surface area contributed by atoms with Crippen LogP contribution in [0.4, 0.5) is 5.69 Å². The van der Waals surface area contributed by atoms with E-state index < -0.39 is 5.97 Å². The standard InChI is InChI=1S/C16H17NO2S/c18-16(19)14-5-6-15(13-4-2-1-3-12(13)14)17-11-7-9-20-10-8-11/h1-6,11,17H,7-10H2,(H,18,19). The number of carboxylic acids is 1. The molecule has 0 saturated carbocycles. The molecule has 2 N–H and O–H groups in total. The smallest absolute Gasteiger partial charge is 0.336 e. The Hall–Kier alpha value is -1.68. The van der Waals surface area contributed by atoms with Gasteiger partial charge >= 0.3 is 5.97 Å². The third-order valence-corrected chi connectivity index (χ3v) is 4.78. The van der Waals surface area contributed by atoms with Gasteiger partial charge in [0.15, 0.2) is 0 Å². The van der Waals surface area contributed by atoms with E-state index in [1.807, 2.05) is 42.1 Å². The van der Waals surface area contributed by atoms with Crippen LogP contribution in [0.3, 0.4) is 0 Å². The molecule has 2 aromatic rings. The van der Waals surface area contributed by atoms with Crippen molar-refractivity contribution in [3.05, 3.63) is 42.0 Å². The van der Waals surface area contributed by atoms with Crippen molar-refractivity contribution >= 4 is 34.2 Å². The van der Waals surface area contributed by atoms with Crippen LogP contribution in [0.25, 0.3) is 10.8 Å². The zero-order valence-electron chi connectivity index (χ0n) is 11.1. The maximum atomic E-state index is 11.3. The molecule has 104 valence electrons. The highest BCUT2D eigenvalue weighted by Gasteiger charge is 2.16. The second-order valence-electron chi connectivity index (χ2n) is 5.04. The molecule has 0 aliphatic carbocycles. The minimum absolute atomic E-state index is 0.366. The molecule has 1 aliphatic rings. The highest BCUT2D eigenvalue weighted by atomic mass is 32.2. The van der Waals surface area contributed by atoms with Crippen molar-refractivity contribution in [3.8, 4) is 0 Å². The number of carboxylic acid groups (broad SMARTS) is 1. The minimum Gasteiger partial charge on any atom is -0.478 e. The molecule has 1 fully saturated rings. The van der Waals surface area contributed by atoms with E-state index in [0.717, 1.165) is 16.5 Å². The summed E-state index contributed by atoms with van der Waals surface area (Å²) in [5.74, 6) is 1.52. The first-order valence-electron chi connectivity index (χ1n) is 6.85. The Kier molecular flexibility index (Phi) is 3.83. The van der Waals surface area contributed by atoms with E-state index >= 15 is 0 Å². The van der Waals surface area contributed by atoms with Crippen molar-refractivity contribution in [1.29, 1.82) is 0 Å². The van der Waals surface area contributed by atoms with E-state index in [9.17, 15) is 9.90 Å². The number of thioether (sulfide) groups is 1. The third kappa shape index (κ3) is 2.61. The fraction of sp³-hybridized carbons (Fsp3) is 0.312. The van der Waals surface area contributed by atoms with Crippen LogP contribution in [-0.4, -0.2) is 28.6 Å². The molecule has 0 unspecified atom stereocenters. The maximum Gasteiger partial charge on any atom is 0.336 e. The van der Waals surface area contributed by atoms with Crippen LogP contribution in [-0.2, 0) is 0 Å². The molecule has 3 nitrogen and oxygen atoms in total. The number of anilines is 1. The van der Waals surface area contributed by atoms with Crippen molar-refractivity contribution in [1.82, 2.24) is 0 Å². The predicted molar refractivity (Wildman–Crippen MR) is 84.9 cm³/mol. The molecule has 0 bridgehead atoms. The van der Waals surface area contributed by atoms with Gasteiger partial charge in [-0.05, 0) is 41.9 Å². The summed E-state index contributed by atoms with van der Waals surface area (Å²) < 4.78 is 0. The Labute approximate surface area is 122 Å². The minimum atomic E-state index is -0.873. The first kappa shape index (κ1) is 13.3. The normalized spacial score (nSPS) is 16.2. The molecule has 0 aromatic heterocycles. The fourth-order valence-corrected chi connectivity index (χ4v) is 3.78. The molecular formula is C16H17NO2S. The second-order valence-corrected chi connectivity index (χ2v) is 6.27. The van der Waals surface area contributed by atoms with Crippen molar-refractivity contribution in [3.63, 3.8) is 0 Å². The van der Waals surface area contributed by atoms with Gasteiger partial charge in [-0.25, -0.2) is 4.79 Å². The summed E-state index contributed by atoms with van der Waals surface area (Å²) in [5.41, 5.74) is 1.41. The molecule has 1 saturated heterocycles. The van der Waals surface area contributed by atoms with Crippen molar-refractivity contribution in [2.75, 3.05) is 16.8 Å². The van der Waals surface area contributed by atoms with E-state index in [2.05, 4.69) is 5.32 Å². The van der Waals surface area contributed by atoms with Gasteiger partial charge in [-0.2, -0.15) is 11.8 Å². The molecule has 1 aliphatic heterocycles. The average Bonchev–Trinajstić information content (AvgIpc) is 2.48. The molecular weight excluding hydrogens is 270 g/mol. The van der Waals surface area contributed by atoms with Gasteiger partial charge in [-0.3, -0.25) is 0 Å². The summed E-state index contributed by atoms with van der Waals surface area (Å²) in [6, 6.07) is 11.8. The van der Waals surface area contributed by atoms with Crippen molar-refractivity contribution in [2.24, 2.45) is 0 Å². The van der Waals surface area contributed by atoms with Crippen molar-refractivity contribution < 1.29 is 9.90 Å². The average molecular weight is 287 g/mol. The first-order chi connectivity index (χ1) is 9.75. The molecule has 3 rings (SSSR count). The summed E-state index contributed by atoms with van der Waals surface area (Å²) in [6.07, 6.45) is 2.33. The lowest BCUT2D eigenvalue weighted by Gasteiger charge is -2.24. The van der Waals surface area contributed by atoms with Gasteiger partial charge < -0.3 is 10.4 Å². The topological polar surface area (TPSA) is 49.3 Å². The summed E-state index contributed by atoms with van der Waals surface area (Å²) in [5, 5.41) is 14.6. The maximum absolute atomic E-state index is 11.3. The SMILES string of the molecule is O=C(O)c1ccc(NC2CCSCC2)c2ccccc12. The van der Waals surface area contributed by atoms with Crippen LogP contribution in [0.2, 0.25) is 0 Å². The summed E-state index contributed by atoms with van der Waals surface area (Å²) in [7, 11) is 0. The van der Waals surface area contributed by atoms with Gasteiger partial charge in [0.2, 0.25) is 0 Å². The Balaban J connectivity index is 1.99. The largest absolute Gasteiger partial charge is 0.478 e. The van der Waals surface area contributed by atoms with E-state index in [1.165, 1.54) is 24.3 Å². The van der Waals surface area contributed by atoms with E-state index in [4.69, 9.17) is 0 Å². The Morgan fingerprint density at radius 3 is 2.50 bits per heavy atom. The van der Waals surface area contributed by atoms with Gasteiger partial charge in [0.25, 0.3) is 0 Å². The van der Waals surface area contributed by atoms with Crippen LogP contribution in [0.15, 0.2) is 36.4 Å². The van der Waals surface area contributed by atoms with Crippen LogP contribution in [0.1, 0.15) is 23.2 Å². The third-order valence-electron chi connectivity index (χ3n) is 3.74. The molecule has 0 spiro atoms. The number of hydrogen-bond acceptors (Lipinski definition) is 3. The molecule has 0 amide bonds. The van der Waals surface area contributed by atoms with Gasteiger partial charge in [0.1, 0.15) is 0 Å². The molecule has 20 heavy (non-hydrogen) atoms. The van der Waals surface area contributed by atoms with Crippen LogP contribution >= 0.6 is 11.8 Å². The highest BCUT2D eigenvalue weighted by molar-refractivity contribution is 7.99. The molecule has 0 atom stereocenters. The van der Waals surface area contributed by atoms with Gasteiger partial charge in [-0.1, -0.05) is 24.3 Å². The van der Waals surface area contributed by atoms with Crippen molar-refractivity contribution in [2.45, 2.75) is 18.9 Å². The van der Waals surface area contributed by atoms with Gasteiger partial charge in [0.05, 0.1) is 5.56 Å². The summed E-state index contributed by atoms with van der Waals surface area (Å²) >= 11 is 2.00. The zero-order valence-corrected chi connectivity index (χ0v) is 12.0. The molecule has 1 heterocycles. The zero-order chi connectivity index (χ0) is 13.9. The Bertz CT molecular complexity index is 635. The highest BCUT2D eigenvalue weighted by Crippen LogP contribution is 2.29. The number of carbonyl (C=O) groups is 1. The van der Waals surface area contributed by atoms with E-state index in [1.54, 1.807) is 6.07 Å². The van der Waals surface area contributed by atoms with Crippen LogP contribution in [0, 0.1) is 0 Å². The Morgan fingerprint density at radius 1 is 1.10 bits per heavy atom. The molecule has 2 aromatic carbocycles. The van der Waals surface area contributed by atoms with Crippen LogP contribution in [0.5, 0.6) is 0 Å². The fourth-order valence-electron chi connectivity index (χ4n) is 2.67. The summed E-state index contributed by atoms with van der Waals surface area (Å²) in [4.78, 5) is 11.3. The lowest BCUT2D eigenvalue weighted by atomic mass is 10.0. The van der Waals surface area contributed by atoms with E-state index in [-0.39, 0.29) is 0 Å². The summed E-state index contributed by atoms with van der Waals surface area (Å²) in [6.45, 7) is 0. The quantitative estimate of drug-likeness (QED) is 0.900. The molecule has 4 heteroatoms. The van der Waals surface area contributed by atoms with Gasteiger partial charge in [-0.15, -0.1) is 0 Å². The molecule has 0 radical (unpaired) electrons. The van der Waals surface area contributed by atoms with Gasteiger partial charge in [0, 0.05) is 17.1 Å². The number of nitrogens with one attached hydrogen (secondary N) is 1. The first-order valence-corrected chi connectivity index (χ1v) is 8.00. The number of fused-ring (bicyclic) bond motifs is 1. The Morgan fingerprint density at radius 2 is 1.80 bits per heavy atom. The number of rotatable bonds is 3. The lowest BCUT2D eigenvalue weighted by molar-refractivity contribution is 0.0699. The van der Waals surface area contributed by atoms with E-state index in [0.29, 0.717) is 11.6 Å². The monoisotopic (exact) mass is 287 g/mol. The lowest BCUT2D eigenvalue weighted by Crippen LogP contribution is -2.24.